The van der Waals surface area contributed by atoms with Gasteiger partial charge in [-0.25, -0.2) is 0 Å². The first-order chi connectivity index (χ1) is 5.20. The first-order valence-electron chi connectivity index (χ1n) is 5.20. The summed E-state index contributed by atoms with van der Waals surface area (Å²) in [6, 6.07) is 0. The second-order valence-corrected chi connectivity index (χ2v) is 5.55. The maximum Gasteiger partial charge on any atom is -0.0266 e. The van der Waals surface area contributed by atoms with Gasteiger partial charge in [0.1, 0.15) is 0 Å². The molecule has 3 unspecified atom stereocenters. The molecule has 4 aliphatic rings. The molecule has 0 heterocycles. The third-order valence-electron chi connectivity index (χ3n) is 5.15. The molecule has 3 atom stereocenters. The van der Waals surface area contributed by atoms with Gasteiger partial charge in [0.15, 0.2) is 0 Å². The van der Waals surface area contributed by atoms with E-state index >= 15 is 0 Å². The van der Waals surface area contributed by atoms with Crippen molar-refractivity contribution < 1.29 is 0 Å². The second-order valence-electron chi connectivity index (χ2n) is 5.55. The molecule has 0 amide bonds. The van der Waals surface area contributed by atoms with E-state index in [1.165, 1.54) is 0 Å². The Morgan fingerprint density at radius 2 is 1.91 bits per heavy atom. The first-order valence-corrected chi connectivity index (χ1v) is 5.20. The Labute approximate surface area is 69.4 Å². The van der Waals surface area contributed by atoms with Crippen LogP contribution in [0.4, 0.5) is 0 Å². The van der Waals surface area contributed by atoms with Gasteiger partial charge in [-0.15, -0.1) is 0 Å². The molecule has 0 nitrogen and oxygen atoms in total. The Balaban J connectivity index is 1.89. The summed E-state index contributed by atoms with van der Waals surface area (Å²) in [5.41, 5.74) is 0.797. The van der Waals surface area contributed by atoms with Gasteiger partial charge in [0.25, 0.3) is 0 Å². The van der Waals surface area contributed by atoms with Crippen molar-refractivity contribution >= 4 is 0 Å². The zero-order valence-electron chi connectivity index (χ0n) is 7.64. The normalized spacial score (nSPS) is 66.0. The van der Waals surface area contributed by atoms with Crippen molar-refractivity contribution in [3.05, 3.63) is 0 Å². The van der Waals surface area contributed by atoms with Crippen LogP contribution in [0.3, 0.4) is 0 Å². The van der Waals surface area contributed by atoms with E-state index in [0.29, 0.717) is 0 Å². The Kier molecular flexibility index (Phi) is 0.990. The molecule has 11 heavy (non-hydrogen) atoms. The van der Waals surface area contributed by atoms with Gasteiger partial charge in [-0.1, -0.05) is 13.8 Å². The molecule has 0 heteroatoms. The van der Waals surface area contributed by atoms with Gasteiger partial charge < -0.3 is 0 Å². The SMILES string of the molecule is CC1CC2C3CC(C3)CC12C. The first kappa shape index (κ1) is 6.51. The highest BCUT2D eigenvalue weighted by Gasteiger charge is 2.59. The highest BCUT2D eigenvalue weighted by Crippen LogP contribution is 2.68. The zero-order valence-corrected chi connectivity index (χ0v) is 7.64. The predicted octanol–water partition coefficient (Wildman–Crippen LogP) is 3.08. The molecule has 0 N–H and O–H groups in total. The Morgan fingerprint density at radius 1 is 1.18 bits per heavy atom. The van der Waals surface area contributed by atoms with Crippen molar-refractivity contribution in [2.45, 2.75) is 39.5 Å². The van der Waals surface area contributed by atoms with E-state index in [9.17, 15) is 0 Å². The Hall–Kier alpha value is 0. The van der Waals surface area contributed by atoms with E-state index in [0.717, 1.165) is 29.1 Å². The monoisotopic (exact) mass is 150 g/mol. The summed E-state index contributed by atoms with van der Waals surface area (Å²) in [5.74, 6) is 4.49. The van der Waals surface area contributed by atoms with Gasteiger partial charge >= 0.3 is 0 Å². The van der Waals surface area contributed by atoms with Crippen molar-refractivity contribution in [1.29, 1.82) is 0 Å². The molecule has 4 rings (SSSR count). The van der Waals surface area contributed by atoms with Gasteiger partial charge in [-0.2, -0.15) is 0 Å². The molecule has 2 bridgehead atoms. The lowest BCUT2D eigenvalue weighted by Crippen LogP contribution is -2.58. The smallest absolute Gasteiger partial charge is 0.0266 e. The van der Waals surface area contributed by atoms with E-state index in [1.807, 2.05) is 0 Å². The highest BCUT2D eigenvalue weighted by molar-refractivity contribution is 5.09. The van der Waals surface area contributed by atoms with Crippen LogP contribution in [0.2, 0.25) is 0 Å². The fourth-order valence-corrected chi connectivity index (χ4v) is 4.11. The van der Waals surface area contributed by atoms with Gasteiger partial charge in [-0.3, -0.25) is 0 Å². The van der Waals surface area contributed by atoms with Crippen LogP contribution < -0.4 is 0 Å². The van der Waals surface area contributed by atoms with Crippen LogP contribution in [0.25, 0.3) is 0 Å². The van der Waals surface area contributed by atoms with E-state index in [2.05, 4.69) is 13.8 Å². The molecule has 4 aliphatic carbocycles. The Morgan fingerprint density at radius 3 is 2.36 bits per heavy atom. The summed E-state index contributed by atoms with van der Waals surface area (Å²) in [6.45, 7) is 5.01. The lowest BCUT2D eigenvalue weighted by atomic mass is 9.39. The van der Waals surface area contributed by atoms with Crippen molar-refractivity contribution in [1.82, 2.24) is 0 Å². The van der Waals surface area contributed by atoms with E-state index in [-0.39, 0.29) is 0 Å². The minimum atomic E-state index is 0.797. The quantitative estimate of drug-likeness (QED) is 0.498. The maximum atomic E-state index is 2.55. The molecule has 0 aromatic heterocycles. The summed E-state index contributed by atoms with van der Waals surface area (Å²) in [4.78, 5) is 0. The second kappa shape index (κ2) is 1.67. The van der Waals surface area contributed by atoms with E-state index < -0.39 is 0 Å². The molecular formula is C11H18. The van der Waals surface area contributed by atoms with E-state index in [4.69, 9.17) is 0 Å². The minimum absolute atomic E-state index is 0.797. The third-order valence-corrected chi connectivity index (χ3v) is 5.15. The molecular weight excluding hydrogens is 132 g/mol. The fourth-order valence-electron chi connectivity index (χ4n) is 4.11. The maximum absolute atomic E-state index is 2.55. The number of hydrogen-bond acceptors (Lipinski definition) is 0. The van der Waals surface area contributed by atoms with Crippen LogP contribution in [0.1, 0.15) is 39.5 Å². The largest absolute Gasteiger partial charge is 0.0620 e. The van der Waals surface area contributed by atoms with Crippen LogP contribution in [0.15, 0.2) is 0 Å². The van der Waals surface area contributed by atoms with Gasteiger partial charge in [0.2, 0.25) is 0 Å². The molecule has 0 aromatic carbocycles. The average molecular weight is 150 g/mol. The topological polar surface area (TPSA) is 0 Å². The highest BCUT2D eigenvalue weighted by atomic mass is 14.6. The van der Waals surface area contributed by atoms with Gasteiger partial charge in [-0.05, 0) is 54.8 Å². The Bertz CT molecular complexity index is 190. The van der Waals surface area contributed by atoms with Crippen LogP contribution in [-0.2, 0) is 0 Å². The molecule has 0 spiro atoms. The molecule has 4 saturated carbocycles. The average Bonchev–Trinajstić information content (AvgIpc) is 1.90. The van der Waals surface area contributed by atoms with Crippen LogP contribution in [0.5, 0.6) is 0 Å². The lowest BCUT2D eigenvalue weighted by molar-refractivity contribution is -0.169. The molecule has 0 aromatic rings. The van der Waals surface area contributed by atoms with Crippen molar-refractivity contribution in [2.75, 3.05) is 0 Å². The fraction of sp³-hybridized carbons (Fsp3) is 1.00. The van der Waals surface area contributed by atoms with Crippen molar-refractivity contribution in [3.63, 3.8) is 0 Å². The summed E-state index contributed by atoms with van der Waals surface area (Å²) in [5, 5.41) is 0. The van der Waals surface area contributed by atoms with Gasteiger partial charge in [0, 0.05) is 0 Å². The summed E-state index contributed by atoms with van der Waals surface area (Å²) in [7, 11) is 0. The van der Waals surface area contributed by atoms with E-state index in [1.54, 1.807) is 25.7 Å². The molecule has 0 aliphatic heterocycles. The minimum Gasteiger partial charge on any atom is -0.0620 e. The molecule has 62 valence electrons. The number of rotatable bonds is 0. The van der Waals surface area contributed by atoms with Crippen molar-refractivity contribution in [2.24, 2.45) is 29.1 Å². The van der Waals surface area contributed by atoms with Crippen LogP contribution in [-0.4, -0.2) is 0 Å². The summed E-state index contributed by atoms with van der Waals surface area (Å²) < 4.78 is 0. The lowest BCUT2D eigenvalue weighted by Gasteiger charge is -2.66. The zero-order chi connectivity index (χ0) is 7.64. The summed E-state index contributed by atoms with van der Waals surface area (Å²) in [6.07, 6.45) is 6.29. The molecule has 0 saturated heterocycles. The predicted molar refractivity (Wildman–Crippen MR) is 46.2 cm³/mol. The number of hydrogen-bond donors (Lipinski definition) is 0. The third kappa shape index (κ3) is 0.588. The molecule has 4 fully saturated rings. The van der Waals surface area contributed by atoms with Crippen LogP contribution >= 0.6 is 0 Å². The van der Waals surface area contributed by atoms with Crippen molar-refractivity contribution in [3.8, 4) is 0 Å². The standard InChI is InChI=1S/C11H18/c1-7-3-10-9-4-8(5-9)6-11(7,10)2/h7-10H,3-6H2,1-2H3. The summed E-state index contributed by atoms with van der Waals surface area (Å²) >= 11 is 0. The van der Waals surface area contributed by atoms with Gasteiger partial charge in [0.05, 0.1) is 0 Å². The van der Waals surface area contributed by atoms with Crippen LogP contribution in [0, 0.1) is 29.1 Å². The molecule has 0 radical (unpaired) electrons.